The Kier molecular flexibility index (Phi) is 5.30. The molecule has 2 aliphatic heterocycles. The maximum Gasteiger partial charge on any atom is 0.257 e. The van der Waals surface area contributed by atoms with Gasteiger partial charge in [0.2, 0.25) is 0 Å². The SMILES string of the molecule is CN1C(C)(C)CC(Nc2ccc(N/C=C3\C(=O)Nc4ccccc43)cc2F)CC1(C)C. The van der Waals surface area contributed by atoms with Crippen molar-refractivity contribution in [1.29, 1.82) is 0 Å². The standard InChI is InChI=1S/C25H31FN4O/c1-24(2)13-17(14-25(3,4)30(24)5)28-22-11-10-16(12-20(22)26)27-15-19-18-8-6-7-9-21(18)29-23(19)31/h6-12,15,17,27-28H,13-14H2,1-5H3,(H,29,31)/b19-15-. The highest BCUT2D eigenvalue weighted by Crippen LogP contribution is 2.38. The number of likely N-dealkylation sites (tertiary alicyclic amines) is 1. The van der Waals surface area contributed by atoms with Crippen LogP contribution in [0.2, 0.25) is 0 Å². The summed E-state index contributed by atoms with van der Waals surface area (Å²) >= 11 is 0. The Bertz CT molecular complexity index is 1030. The van der Waals surface area contributed by atoms with Gasteiger partial charge in [0.1, 0.15) is 5.82 Å². The summed E-state index contributed by atoms with van der Waals surface area (Å²) in [5.41, 5.74) is 3.32. The minimum absolute atomic E-state index is 0.0295. The van der Waals surface area contributed by atoms with E-state index >= 15 is 0 Å². The molecule has 0 atom stereocenters. The fourth-order valence-electron chi connectivity index (χ4n) is 4.85. The van der Waals surface area contributed by atoms with Crippen molar-refractivity contribution in [1.82, 2.24) is 4.90 Å². The Labute approximate surface area is 183 Å². The first kappa shape index (κ1) is 21.4. The number of carbonyl (C=O) groups excluding carboxylic acids is 1. The highest BCUT2D eigenvalue weighted by molar-refractivity contribution is 6.31. The molecule has 4 rings (SSSR count). The van der Waals surface area contributed by atoms with E-state index in [-0.39, 0.29) is 28.8 Å². The minimum Gasteiger partial charge on any atom is -0.380 e. The molecule has 2 aromatic rings. The van der Waals surface area contributed by atoms with Crippen LogP contribution in [0.15, 0.2) is 48.7 Å². The van der Waals surface area contributed by atoms with Gasteiger partial charge in [-0.3, -0.25) is 9.69 Å². The van der Waals surface area contributed by atoms with Crippen LogP contribution >= 0.6 is 0 Å². The lowest BCUT2D eigenvalue weighted by Crippen LogP contribution is -2.61. The molecule has 0 aliphatic carbocycles. The van der Waals surface area contributed by atoms with Crippen LogP contribution in [0.5, 0.6) is 0 Å². The second kappa shape index (κ2) is 7.68. The lowest BCUT2D eigenvalue weighted by atomic mass is 9.77. The van der Waals surface area contributed by atoms with Crippen LogP contribution in [0.1, 0.15) is 46.1 Å². The van der Waals surface area contributed by atoms with E-state index in [0.29, 0.717) is 16.9 Å². The van der Waals surface area contributed by atoms with Gasteiger partial charge in [-0.2, -0.15) is 0 Å². The van der Waals surface area contributed by atoms with Crippen molar-refractivity contribution >= 4 is 28.5 Å². The first-order chi connectivity index (χ1) is 14.6. The number of para-hydroxylation sites is 1. The minimum atomic E-state index is -0.311. The van der Waals surface area contributed by atoms with E-state index in [4.69, 9.17) is 0 Å². The molecule has 1 saturated heterocycles. The summed E-state index contributed by atoms with van der Waals surface area (Å²) in [5.74, 6) is -0.478. The van der Waals surface area contributed by atoms with Gasteiger partial charge in [-0.05, 0) is 71.8 Å². The Morgan fingerprint density at radius 2 is 1.77 bits per heavy atom. The van der Waals surface area contributed by atoms with E-state index in [1.807, 2.05) is 30.3 Å². The Morgan fingerprint density at radius 3 is 2.45 bits per heavy atom. The van der Waals surface area contributed by atoms with Crippen molar-refractivity contribution in [2.75, 3.05) is 23.0 Å². The molecule has 3 N–H and O–H groups in total. The van der Waals surface area contributed by atoms with Gasteiger partial charge in [0, 0.05) is 40.3 Å². The molecule has 0 unspecified atom stereocenters. The Balaban J connectivity index is 1.47. The number of rotatable bonds is 4. The molecule has 2 aromatic carbocycles. The topological polar surface area (TPSA) is 56.4 Å². The van der Waals surface area contributed by atoms with Crippen LogP contribution in [-0.4, -0.2) is 35.0 Å². The van der Waals surface area contributed by atoms with Crippen LogP contribution in [0.3, 0.4) is 0 Å². The molecule has 2 aliphatic rings. The number of hydrogen-bond acceptors (Lipinski definition) is 4. The molecule has 164 valence electrons. The smallest absolute Gasteiger partial charge is 0.257 e. The number of anilines is 3. The fraction of sp³-hybridized carbons (Fsp3) is 0.400. The molecule has 0 saturated carbocycles. The van der Waals surface area contributed by atoms with Crippen molar-refractivity contribution < 1.29 is 9.18 Å². The van der Waals surface area contributed by atoms with Crippen molar-refractivity contribution in [2.45, 2.75) is 57.7 Å². The van der Waals surface area contributed by atoms with Crippen LogP contribution in [0.4, 0.5) is 21.5 Å². The average molecular weight is 423 g/mol. The zero-order valence-corrected chi connectivity index (χ0v) is 18.8. The quantitative estimate of drug-likeness (QED) is 0.586. The van der Waals surface area contributed by atoms with Gasteiger partial charge >= 0.3 is 0 Å². The first-order valence-electron chi connectivity index (χ1n) is 10.7. The molecule has 0 aromatic heterocycles. The Hall–Kier alpha value is -2.86. The number of amides is 1. The van der Waals surface area contributed by atoms with Gasteiger partial charge in [-0.1, -0.05) is 18.2 Å². The molecule has 2 heterocycles. The largest absolute Gasteiger partial charge is 0.380 e. The molecule has 1 fully saturated rings. The predicted molar refractivity (Wildman–Crippen MR) is 126 cm³/mol. The molecule has 0 bridgehead atoms. The molecule has 1 amide bonds. The van der Waals surface area contributed by atoms with Gasteiger partial charge in [-0.25, -0.2) is 4.39 Å². The molecule has 0 spiro atoms. The molecule has 0 radical (unpaired) electrons. The number of carbonyl (C=O) groups is 1. The number of nitrogens with one attached hydrogen (secondary N) is 3. The summed E-state index contributed by atoms with van der Waals surface area (Å²) in [7, 11) is 2.16. The highest BCUT2D eigenvalue weighted by Gasteiger charge is 2.43. The molecular formula is C25H31FN4O. The van der Waals surface area contributed by atoms with Crippen LogP contribution in [-0.2, 0) is 4.79 Å². The summed E-state index contributed by atoms with van der Waals surface area (Å²) < 4.78 is 14.9. The lowest BCUT2D eigenvalue weighted by molar-refractivity contribution is -0.110. The third-order valence-corrected chi connectivity index (χ3v) is 6.73. The highest BCUT2D eigenvalue weighted by atomic mass is 19.1. The van der Waals surface area contributed by atoms with Gasteiger partial charge in [0.05, 0.1) is 11.3 Å². The van der Waals surface area contributed by atoms with E-state index in [9.17, 15) is 9.18 Å². The first-order valence-corrected chi connectivity index (χ1v) is 10.7. The summed E-state index contributed by atoms with van der Waals surface area (Å²) in [6.45, 7) is 8.93. The Morgan fingerprint density at radius 1 is 1.10 bits per heavy atom. The normalized spacial score (nSPS) is 21.6. The van der Waals surface area contributed by atoms with Gasteiger partial charge < -0.3 is 16.0 Å². The van der Waals surface area contributed by atoms with Crippen molar-refractivity contribution in [3.63, 3.8) is 0 Å². The number of hydrogen-bond donors (Lipinski definition) is 3. The van der Waals surface area contributed by atoms with Crippen LogP contribution in [0.25, 0.3) is 5.57 Å². The molecule has 31 heavy (non-hydrogen) atoms. The van der Waals surface area contributed by atoms with E-state index in [1.165, 1.54) is 6.07 Å². The van der Waals surface area contributed by atoms with Crippen molar-refractivity contribution in [2.24, 2.45) is 0 Å². The van der Waals surface area contributed by atoms with Gasteiger partial charge in [-0.15, -0.1) is 0 Å². The van der Waals surface area contributed by atoms with Crippen molar-refractivity contribution in [3.8, 4) is 0 Å². The zero-order valence-electron chi connectivity index (χ0n) is 18.8. The fourth-order valence-corrected chi connectivity index (χ4v) is 4.85. The second-order valence-electron chi connectivity index (χ2n) is 9.83. The maximum atomic E-state index is 14.9. The van der Waals surface area contributed by atoms with Gasteiger partial charge in [0.25, 0.3) is 5.91 Å². The third kappa shape index (κ3) is 4.17. The summed E-state index contributed by atoms with van der Waals surface area (Å²) in [6, 6.07) is 12.8. The van der Waals surface area contributed by atoms with E-state index < -0.39 is 0 Å². The van der Waals surface area contributed by atoms with E-state index in [2.05, 4.69) is 55.6 Å². The summed E-state index contributed by atoms with van der Waals surface area (Å²) in [4.78, 5) is 14.6. The van der Waals surface area contributed by atoms with E-state index in [1.54, 1.807) is 12.3 Å². The monoisotopic (exact) mass is 422 g/mol. The van der Waals surface area contributed by atoms with Crippen LogP contribution in [0, 0.1) is 5.82 Å². The average Bonchev–Trinajstić information content (AvgIpc) is 3.01. The zero-order chi connectivity index (χ0) is 22.4. The number of halogens is 1. The molecule has 5 nitrogen and oxygen atoms in total. The third-order valence-electron chi connectivity index (χ3n) is 6.73. The molecular weight excluding hydrogens is 391 g/mol. The maximum absolute atomic E-state index is 14.9. The second-order valence-corrected chi connectivity index (χ2v) is 9.83. The summed E-state index contributed by atoms with van der Waals surface area (Å²) in [5, 5.41) is 9.31. The lowest BCUT2D eigenvalue weighted by Gasteiger charge is -2.53. The van der Waals surface area contributed by atoms with E-state index in [0.717, 1.165) is 24.1 Å². The number of piperidine rings is 1. The number of benzene rings is 2. The van der Waals surface area contributed by atoms with Gasteiger partial charge in [0.15, 0.2) is 0 Å². The van der Waals surface area contributed by atoms with Crippen LogP contribution < -0.4 is 16.0 Å². The summed E-state index contributed by atoms with van der Waals surface area (Å²) in [6.07, 6.45) is 3.50. The number of fused-ring (bicyclic) bond motifs is 1. The van der Waals surface area contributed by atoms with Crippen molar-refractivity contribution in [3.05, 3.63) is 60.0 Å². The predicted octanol–water partition coefficient (Wildman–Crippen LogP) is 5.29. The molecule has 6 heteroatoms. The number of nitrogens with zero attached hydrogens (tertiary/aromatic N) is 1.